The molecule has 0 spiro atoms. The fourth-order valence-corrected chi connectivity index (χ4v) is 5.20. The van der Waals surface area contributed by atoms with E-state index in [1.807, 2.05) is 0 Å². The summed E-state index contributed by atoms with van der Waals surface area (Å²) in [6, 6.07) is 0. The highest BCUT2D eigenvalue weighted by Crippen LogP contribution is 2.13. The second kappa shape index (κ2) is 37.8. The van der Waals surface area contributed by atoms with Gasteiger partial charge in [-0.25, -0.2) is 0 Å². The molecule has 0 radical (unpaired) electrons. The molecule has 288 valence electrons. The molecule has 0 bridgehead atoms. The van der Waals surface area contributed by atoms with E-state index in [2.05, 4.69) is 6.92 Å². The van der Waals surface area contributed by atoms with E-state index in [9.17, 15) is 9.59 Å². The van der Waals surface area contributed by atoms with Crippen molar-refractivity contribution in [1.82, 2.24) is 4.90 Å². The molecular weight excluding hydrogens is 630 g/mol. The molecule has 0 fully saturated rings. The van der Waals surface area contributed by atoms with Crippen molar-refractivity contribution in [3.05, 3.63) is 12.2 Å². The predicted octanol–water partition coefficient (Wildman–Crippen LogP) is 6.31. The number of carbonyl (C=O) groups is 2. The van der Waals surface area contributed by atoms with E-state index >= 15 is 0 Å². The molecule has 1 rings (SSSR count). The second-order valence-electron chi connectivity index (χ2n) is 12.4. The maximum atomic E-state index is 11.4. The van der Waals surface area contributed by atoms with E-state index in [0.717, 1.165) is 17.9 Å². The van der Waals surface area contributed by atoms with E-state index in [-0.39, 0.29) is 25.0 Å². The zero-order chi connectivity index (χ0) is 35.1. The van der Waals surface area contributed by atoms with E-state index < -0.39 is 0 Å². The maximum absolute atomic E-state index is 11.4. The molecule has 1 aliphatic rings. The molecule has 1 heterocycles. The Morgan fingerprint density at radius 3 is 0.898 bits per heavy atom. The summed E-state index contributed by atoms with van der Waals surface area (Å²) < 4.78 is 44.0. The summed E-state index contributed by atoms with van der Waals surface area (Å²) >= 11 is 0. The normalized spacial score (nSPS) is 13.0. The Morgan fingerprint density at radius 2 is 0.592 bits per heavy atom. The highest BCUT2D eigenvalue weighted by molar-refractivity contribution is 6.12. The summed E-state index contributed by atoms with van der Waals surface area (Å²) in [7, 11) is 0. The topological polar surface area (TPSA) is 111 Å². The van der Waals surface area contributed by atoms with Crippen LogP contribution in [0.25, 0.3) is 0 Å². The average Bonchev–Trinajstić information content (AvgIpc) is 3.43. The first kappa shape index (κ1) is 45.6. The van der Waals surface area contributed by atoms with Crippen LogP contribution in [0.5, 0.6) is 0 Å². The summed E-state index contributed by atoms with van der Waals surface area (Å²) in [4.78, 5) is 24.0. The third kappa shape index (κ3) is 32.2. The number of carbonyl (C=O) groups excluding carboxylic acids is 2. The Hall–Kier alpha value is -1.44. The van der Waals surface area contributed by atoms with Crippen LogP contribution in [-0.2, 0) is 47.5 Å². The Kier molecular flexibility index (Phi) is 35.2. The van der Waals surface area contributed by atoms with Crippen LogP contribution in [0, 0.1) is 0 Å². The van der Waals surface area contributed by atoms with Crippen LogP contribution in [0.1, 0.15) is 110 Å². The van der Waals surface area contributed by atoms with Crippen LogP contribution in [0.2, 0.25) is 0 Å². The molecule has 1 aliphatic heterocycles. The van der Waals surface area contributed by atoms with Gasteiger partial charge < -0.3 is 37.9 Å². The summed E-state index contributed by atoms with van der Waals surface area (Å²) in [5, 5.41) is 0. The molecule has 0 saturated heterocycles. The van der Waals surface area contributed by atoms with Crippen molar-refractivity contribution in [1.29, 1.82) is 0 Å². The van der Waals surface area contributed by atoms with E-state index in [1.54, 1.807) is 0 Å². The van der Waals surface area contributed by atoms with Crippen molar-refractivity contribution < 1.29 is 47.5 Å². The molecule has 0 unspecified atom stereocenters. The number of nitrogens with zero attached hydrogens (tertiary/aromatic N) is 1. The highest BCUT2D eigenvalue weighted by Gasteiger charge is 2.22. The van der Waals surface area contributed by atoms with Gasteiger partial charge in [0.25, 0.3) is 11.8 Å². The summed E-state index contributed by atoms with van der Waals surface area (Å²) in [6.45, 7) is 10.8. The Balaban J connectivity index is 1.61. The monoisotopic (exact) mass is 702 g/mol. The third-order valence-electron chi connectivity index (χ3n) is 8.11. The van der Waals surface area contributed by atoms with Gasteiger partial charge in [-0.15, -0.1) is 0 Å². The lowest BCUT2D eigenvalue weighted by Crippen LogP contribution is -2.33. The summed E-state index contributed by atoms with van der Waals surface area (Å²) in [6.07, 6.45) is 24.7. The first-order chi connectivity index (χ1) is 24.3. The summed E-state index contributed by atoms with van der Waals surface area (Å²) in [5.41, 5.74) is 0. The van der Waals surface area contributed by atoms with Crippen molar-refractivity contribution >= 4 is 11.8 Å². The number of unbranched alkanes of at least 4 members (excludes halogenated alkanes) is 15. The first-order valence-corrected chi connectivity index (χ1v) is 19.4. The van der Waals surface area contributed by atoms with E-state index in [0.29, 0.717) is 92.5 Å². The third-order valence-corrected chi connectivity index (χ3v) is 8.11. The van der Waals surface area contributed by atoms with Crippen LogP contribution in [0.15, 0.2) is 12.2 Å². The van der Waals surface area contributed by atoms with Gasteiger partial charge in [-0.05, 0) is 6.42 Å². The molecule has 0 N–H and O–H groups in total. The van der Waals surface area contributed by atoms with Crippen LogP contribution in [0.3, 0.4) is 0 Å². The minimum Gasteiger partial charge on any atom is -0.379 e. The van der Waals surface area contributed by atoms with Crippen LogP contribution < -0.4 is 0 Å². The lowest BCUT2D eigenvalue weighted by atomic mass is 10.0. The highest BCUT2D eigenvalue weighted by atomic mass is 16.6. The first-order valence-electron chi connectivity index (χ1n) is 19.4. The Morgan fingerprint density at radius 1 is 0.347 bits per heavy atom. The van der Waals surface area contributed by atoms with Gasteiger partial charge in [-0.3, -0.25) is 14.5 Å². The Labute approximate surface area is 298 Å². The molecule has 49 heavy (non-hydrogen) atoms. The molecular formula is C38H71NO10. The van der Waals surface area contributed by atoms with Gasteiger partial charge in [0.15, 0.2) is 0 Å². The van der Waals surface area contributed by atoms with Crippen molar-refractivity contribution in [2.45, 2.75) is 110 Å². The molecule has 0 aromatic carbocycles. The van der Waals surface area contributed by atoms with Gasteiger partial charge in [0.2, 0.25) is 0 Å². The lowest BCUT2D eigenvalue weighted by molar-refractivity contribution is -0.137. The summed E-state index contributed by atoms with van der Waals surface area (Å²) in [5.74, 6) is -0.597. The van der Waals surface area contributed by atoms with E-state index in [4.69, 9.17) is 37.9 Å². The number of imide groups is 1. The molecule has 2 amide bonds. The van der Waals surface area contributed by atoms with Crippen LogP contribution in [0.4, 0.5) is 0 Å². The van der Waals surface area contributed by atoms with Crippen molar-refractivity contribution in [2.75, 3.05) is 112 Å². The van der Waals surface area contributed by atoms with Gasteiger partial charge in [-0.1, -0.05) is 103 Å². The molecule has 0 aromatic heterocycles. The molecule has 0 saturated carbocycles. The second-order valence-corrected chi connectivity index (χ2v) is 12.4. The smallest absolute Gasteiger partial charge is 0.253 e. The molecule has 0 aliphatic carbocycles. The van der Waals surface area contributed by atoms with Crippen LogP contribution in [-0.4, -0.2) is 129 Å². The van der Waals surface area contributed by atoms with E-state index in [1.165, 1.54) is 108 Å². The van der Waals surface area contributed by atoms with Crippen molar-refractivity contribution in [3.8, 4) is 0 Å². The Bertz CT molecular complexity index is 736. The lowest BCUT2D eigenvalue weighted by Gasteiger charge is -2.13. The quantitative estimate of drug-likeness (QED) is 0.0532. The van der Waals surface area contributed by atoms with Gasteiger partial charge in [0.1, 0.15) is 0 Å². The van der Waals surface area contributed by atoms with Gasteiger partial charge >= 0.3 is 0 Å². The molecule has 0 aromatic rings. The maximum Gasteiger partial charge on any atom is 0.253 e. The van der Waals surface area contributed by atoms with Gasteiger partial charge in [0.05, 0.1) is 106 Å². The fraction of sp³-hybridized carbons (Fsp3) is 0.895. The predicted molar refractivity (Wildman–Crippen MR) is 192 cm³/mol. The number of ether oxygens (including phenoxy) is 8. The number of hydrogen-bond acceptors (Lipinski definition) is 10. The minimum atomic E-state index is -0.299. The average molecular weight is 702 g/mol. The largest absolute Gasteiger partial charge is 0.379 e. The molecule has 0 atom stereocenters. The minimum absolute atomic E-state index is 0.248. The fourth-order valence-electron chi connectivity index (χ4n) is 5.20. The zero-order valence-electron chi connectivity index (χ0n) is 31.0. The number of rotatable bonds is 41. The van der Waals surface area contributed by atoms with Crippen molar-refractivity contribution in [2.24, 2.45) is 0 Å². The van der Waals surface area contributed by atoms with Gasteiger partial charge in [0, 0.05) is 18.8 Å². The van der Waals surface area contributed by atoms with Crippen LogP contribution >= 0.6 is 0 Å². The standard InChI is InChI=1S/C38H71NO10/c1-2-3-4-5-6-7-8-9-10-11-12-13-14-15-16-17-21-42-23-25-44-27-29-46-31-33-48-35-36-49-34-32-47-30-28-45-26-24-43-22-20-39-37(40)18-19-38(39)41/h18-19H,2-17,20-36H2,1H3. The number of hydrogen-bond donors (Lipinski definition) is 0. The SMILES string of the molecule is CCCCCCCCCCCCCCCCCCOCCOCCOCCOCCOCCOCCOCCOCCN1C(=O)C=CC1=O. The molecule has 11 heteroatoms. The molecule has 11 nitrogen and oxygen atoms in total. The van der Waals surface area contributed by atoms with Gasteiger partial charge in [-0.2, -0.15) is 0 Å². The number of amides is 2. The zero-order valence-corrected chi connectivity index (χ0v) is 31.0. The van der Waals surface area contributed by atoms with Crippen molar-refractivity contribution in [3.63, 3.8) is 0 Å².